The van der Waals surface area contributed by atoms with E-state index in [2.05, 4.69) is 16.7 Å². The van der Waals surface area contributed by atoms with Gasteiger partial charge in [0.1, 0.15) is 5.60 Å². The van der Waals surface area contributed by atoms with Crippen molar-refractivity contribution in [1.82, 2.24) is 4.90 Å². The van der Waals surface area contributed by atoms with Crippen LogP contribution in [0, 0.1) is 29.1 Å². The number of rotatable bonds is 3. The maximum absolute atomic E-state index is 12.8. The van der Waals surface area contributed by atoms with E-state index >= 15 is 0 Å². The second kappa shape index (κ2) is 9.97. The number of carbonyl (C=O) groups excluding carboxylic acids is 1. The molecule has 4 rings (SSSR count). The van der Waals surface area contributed by atoms with E-state index in [1.54, 1.807) is 25.1 Å². The normalized spacial score (nSPS) is 24.6. The molecule has 0 spiro atoms. The summed E-state index contributed by atoms with van der Waals surface area (Å²) in [4.78, 5) is 14.6. The van der Waals surface area contributed by atoms with Crippen LogP contribution < -0.4 is 4.90 Å². The van der Waals surface area contributed by atoms with E-state index in [9.17, 15) is 23.1 Å². The summed E-state index contributed by atoms with van der Waals surface area (Å²) in [5.41, 5.74) is -0.249. The number of hydrogen-bond donors (Lipinski definition) is 1. The molecule has 0 saturated carbocycles. The number of aliphatic hydroxyl groups is 1. The van der Waals surface area contributed by atoms with Crippen LogP contribution in [-0.4, -0.2) is 53.9 Å². The third kappa shape index (κ3) is 5.75. The fourth-order valence-electron chi connectivity index (χ4n) is 3.81. The molecule has 3 aliphatic rings. The summed E-state index contributed by atoms with van der Waals surface area (Å²) in [6, 6.07) is 7.84. The van der Waals surface area contributed by atoms with Crippen LogP contribution in [0.1, 0.15) is 38.7 Å². The number of amides is 1. The van der Waals surface area contributed by atoms with Gasteiger partial charge in [-0.1, -0.05) is 18.8 Å². The molecule has 3 saturated heterocycles. The number of fused-ring (bicyclic) bond motifs is 3. The molecule has 1 atom stereocenters. The standard InChI is InChI=1S/C20H23F3N2O2.C2H3N/c1-2-11-25(18(26)20(21,22)23)17-5-3-15(4-6-17)7-10-19(27)14-24-12-8-16(19)9-13-24;1-2-3/h3-6,16,27H,2,8-9,11-14H2,1H3;1H3. The highest BCUT2D eigenvalue weighted by molar-refractivity contribution is 5.97. The Morgan fingerprint density at radius 3 is 2.30 bits per heavy atom. The third-order valence-corrected chi connectivity index (χ3v) is 5.26. The molecule has 1 N–H and O–H groups in total. The van der Waals surface area contributed by atoms with Crippen molar-refractivity contribution < 1.29 is 23.1 Å². The number of carbonyl (C=O) groups is 1. The van der Waals surface area contributed by atoms with Crippen molar-refractivity contribution in [3.05, 3.63) is 29.8 Å². The van der Waals surface area contributed by atoms with E-state index < -0.39 is 17.7 Å². The molecular weight excluding hydrogens is 395 g/mol. The van der Waals surface area contributed by atoms with Crippen molar-refractivity contribution in [3.8, 4) is 17.9 Å². The summed E-state index contributed by atoms with van der Waals surface area (Å²) in [5, 5.41) is 18.1. The molecule has 0 aromatic heterocycles. The van der Waals surface area contributed by atoms with Crippen molar-refractivity contribution in [3.63, 3.8) is 0 Å². The van der Waals surface area contributed by atoms with Crippen molar-refractivity contribution in [2.75, 3.05) is 31.1 Å². The molecule has 3 heterocycles. The highest BCUT2D eigenvalue weighted by Crippen LogP contribution is 2.35. The van der Waals surface area contributed by atoms with Crippen LogP contribution in [0.15, 0.2) is 24.3 Å². The van der Waals surface area contributed by atoms with Gasteiger partial charge in [0.15, 0.2) is 0 Å². The monoisotopic (exact) mass is 421 g/mol. The maximum Gasteiger partial charge on any atom is 0.471 e. The lowest BCUT2D eigenvalue weighted by Gasteiger charge is -2.47. The van der Waals surface area contributed by atoms with Gasteiger partial charge in [0.2, 0.25) is 0 Å². The van der Waals surface area contributed by atoms with Gasteiger partial charge in [-0.2, -0.15) is 18.4 Å². The average Bonchev–Trinajstić information content (AvgIpc) is 2.71. The Balaban J connectivity index is 0.00000101. The molecule has 0 radical (unpaired) electrons. The highest BCUT2D eigenvalue weighted by Gasteiger charge is 2.44. The van der Waals surface area contributed by atoms with Gasteiger partial charge >= 0.3 is 12.1 Å². The first-order valence-electron chi connectivity index (χ1n) is 9.92. The van der Waals surface area contributed by atoms with Crippen LogP contribution in [0.5, 0.6) is 0 Å². The van der Waals surface area contributed by atoms with Crippen molar-refractivity contribution in [2.45, 2.75) is 44.9 Å². The van der Waals surface area contributed by atoms with Crippen LogP contribution in [0.4, 0.5) is 18.9 Å². The molecule has 5 nitrogen and oxygen atoms in total. The van der Waals surface area contributed by atoms with Gasteiger partial charge in [0.25, 0.3) is 0 Å². The maximum atomic E-state index is 12.8. The largest absolute Gasteiger partial charge is 0.471 e. The zero-order valence-corrected chi connectivity index (χ0v) is 17.2. The van der Waals surface area contributed by atoms with Crippen molar-refractivity contribution >= 4 is 11.6 Å². The average molecular weight is 421 g/mol. The smallest absolute Gasteiger partial charge is 0.376 e. The number of piperidine rings is 3. The Hall–Kier alpha value is -2.55. The van der Waals surface area contributed by atoms with E-state index in [1.807, 2.05) is 0 Å². The molecule has 3 fully saturated rings. The van der Waals surface area contributed by atoms with Crippen LogP contribution in [-0.2, 0) is 4.79 Å². The summed E-state index contributed by atoms with van der Waals surface area (Å²) in [5.74, 6) is 4.21. The first kappa shape index (κ1) is 23.7. The summed E-state index contributed by atoms with van der Waals surface area (Å²) < 4.78 is 38.4. The van der Waals surface area contributed by atoms with Gasteiger partial charge in [-0.25, -0.2) is 0 Å². The molecule has 1 unspecified atom stereocenters. The lowest BCUT2D eigenvalue weighted by Crippen LogP contribution is -2.58. The Bertz CT molecular complexity index is 828. The van der Waals surface area contributed by atoms with Gasteiger partial charge < -0.3 is 10.0 Å². The minimum absolute atomic E-state index is 0.0133. The molecule has 1 aromatic carbocycles. The van der Waals surface area contributed by atoms with E-state index in [4.69, 9.17) is 5.26 Å². The Kier molecular flexibility index (Phi) is 7.89. The van der Waals surface area contributed by atoms with E-state index in [0.717, 1.165) is 30.8 Å². The molecule has 1 aromatic rings. The Morgan fingerprint density at radius 1 is 1.30 bits per heavy atom. The highest BCUT2D eigenvalue weighted by atomic mass is 19.4. The summed E-state index contributed by atoms with van der Waals surface area (Å²) in [7, 11) is 0. The molecule has 1 amide bonds. The fourth-order valence-corrected chi connectivity index (χ4v) is 3.81. The van der Waals surface area contributed by atoms with Gasteiger partial charge in [-0.15, -0.1) is 0 Å². The lowest BCUT2D eigenvalue weighted by atomic mass is 9.76. The van der Waals surface area contributed by atoms with Crippen LogP contribution in [0.3, 0.4) is 0 Å². The molecule has 2 bridgehead atoms. The van der Waals surface area contributed by atoms with Gasteiger partial charge in [0, 0.05) is 37.2 Å². The fraction of sp³-hybridized carbons (Fsp3) is 0.545. The van der Waals surface area contributed by atoms with Gasteiger partial charge in [-0.05, 0) is 56.6 Å². The molecule has 3 aliphatic heterocycles. The second-order valence-electron chi connectivity index (χ2n) is 7.45. The first-order chi connectivity index (χ1) is 14.1. The van der Waals surface area contributed by atoms with Crippen LogP contribution in [0.2, 0.25) is 0 Å². The number of alkyl halides is 3. The van der Waals surface area contributed by atoms with E-state index in [-0.39, 0.29) is 18.2 Å². The van der Waals surface area contributed by atoms with Crippen LogP contribution >= 0.6 is 0 Å². The number of hydrogen-bond acceptors (Lipinski definition) is 4. The zero-order chi connectivity index (χ0) is 22.4. The number of anilines is 1. The first-order valence-corrected chi connectivity index (χ1v) is 9.92. The minimum atomic E-state index is -4.91. The molecule has 0 aliphatic carbocycles. The quantitative estimate of drug-likeness (QED) is 0.761. The molecule has 30 heavy (non-hydrogen) atoms. The summed E-state index contributed by atoms with van der Waals surface area (Å²) >= 11 is 0. The number of nitrogens with zero attached hydrogens (tertiary/aromatic N) is 3. The molecular formula is C22H26F3N3O2. The number of halogens is 3. The Morgan fingerprint density at radius 2 is 1.87 bits per heavy atom. The minimum Gasteiger partial charge on any atom is -0.376 e. The topological polar surface area (TPSA) is 67.6 Å². The van der Waals surface area contributed by atoms with Crippen LogP contribution in [0.25, 0.3) is 0 Å². The Labute approximate surface area is 175 Å². The SMILES string of the molecule is CC#N.CCCN(C(=O)C(F)(F)F)c1ccc(C#CC2(O)CN3CCC2CC3)cc1. The van der Waals surface area contributed by atoms with Crippen molar-refractivity contribution in [2.24, 2.45) is 5.92 Å². The van der Waals surface area contributed by atoms with Crippen molar-refractivity contribution in [1.29, 1.82) is 5.26 Å². The summed E-state index contributed by atoms with van der Waals surface area (Å²) in [6.45, 7) is 5.65. The summed E-state index contributed by atoms with van der Waals surface area (Å²) in [6.07, 6.45) is -2.65. The van der Waals surface area contributed by atoms with E-state index in [1.165, 1.54) is 19.1 Å². The molecule has 162 valence electrons. The van der Waals surface area contributed by atoms with Gasteiger partial charge in [0.05, 0.1) is 6.07 Å². The lowest BCUT2D eigenvalue weighted by molar-refractivity contribution is -0.170. The number of benzene rings is 1. The van der Waals surface area contributed by atoms with Gasteiger partial charge in [-0.3, -0.25) is 9.69 Å². The predicted molar refractivity (Wildman–Crippen MR) is 107 cm³/mol. The predicted octanol–water partition coefficient (Wildman–Crippen LogP) is 3.33. The number of nitriles is 1. The molecule has 8 heteroatoms. The van der Waals surface area contributed by atoms with E-state index in [0.29, 0.717) is 18.5 Å². The second-order valence-corrected chi connectivity index (χ2v) is 7.45. The zero-order valence-electron chi connectivity index (χ0n) is 17.2. The third-order valence-electron chi connectivity index (χ3n) is 5.26.